The number of carbonyl (C=O) groups is 1. The van der Waals surface area contributed by atoms with E-state index in [-0.39, 0.29) is 11.3 Å². The number of amides is 1. The van der Waals surface area contributed by atoms with Gasteiger partial charge in [-0.05, 0) is 88.3 Å². The summed E-state index contributed by atoms with van der Waals surface area (Å²) in [4.78, 5) is 12.5. The fourth-order valence-electron chi connectivity index (χ4n) is 2.72. The molecule has 3 aromatic carbocycles. The van der Waals surface area contributed by atoms with E-state index in [0.717, 1.165) is 9.13 Å². The van der Waals surface area contributed by atoms with Gasteiger partial charge in [-0.1, -0.05) is 28.1 Å². The minimum Gasteiger partial charge on any atom is -0.508 e. The third kappa shape index (κ3) is 6.24. The topological polar surface area (TPSA) is 91.6 Å². The Labute approximate surface area is 207 Å². The predicted molar refractivity (Wildman–Crippen MR) is 135 cm³/mol. The first-order chi connectivity index (χ1) is 15.4. The van der Waals surface area contributed by atoms with E-state index in [4.69, 9.17) is 9.47 Å². The van der Waals surface area contributed by atoms with Gasteiger partial charge in [-0.15, -0.1) is 0 Å². The molecule has 0 heterocycles. The average molecular weight is 605 g/mol. The van der Waals surface area contributed by atoms with Crippen LogP contribution >= 0.6 is 38.5 Å². The lowest BCUT2D eigenvalue weighted by Gasteiger charge is -2.13. The van der Waals surface area contributed by atoms with Crippen molar-refractivity contribution in [3.8, 4) is 23.3 Å². The van der Waals surface area contributed by atoms with Gasteiger partial charge in [0.2, 0.25) is 0 Å². The highest BCUT2D eigenvalue weighted by Crippen LogP contribution is 2.35. The highest BCUT2D eigenvalue weighted by Gasteiger charge is 2.14. The fourth-order valence-corrected chi connectivity index (χ4v) is 3.52. The number of anilines is 1. The summed E-state index contributed by atoms with van der Waals surface area (Å²) in [5.74, 6) is 0.519. The molecule has 0 atom stereocenters. The first kappa shape index (κ1) is 23.6. The molecule has 1 amide bonds. The number of methoxy groups -OCH3 is 1. The van der Waals surface area contributed by atoms with Crippen LogP contribution in [0.1, 0.15) is 11.1 Å². The maximum atomic E-state index is 12.5. The van der Waals surface area contributed by atoms with Crippen molar-refractivity contribution in [1.82, 2.24) is 0 Å². The van der Waals surface area contributed by atoms with Crippen molar-refractivity contribution in [2.45, 2.75) is 6.61 Å². The number of halogens is 2. The van der Waals surface area contributed by atoms with Crippen LogP contribution in [0.5, 0.6) is 17.2 Å². The van der Waals surface area contributed by atoms with Crippen LogP contribution in [-0.2, 0) is 11.4 Å². The van der Waals surface area contributed by atoms with Gasteiger partial charge < -0.3 is 19.9 Å². The van der Waals surface area contributed by atoms with E-state index in [1.54, 1.807) is 24.3 Å². The highest BCUT2D eigenvalue weighted by molar-refractivity contribution is 14.1. The van der Waals surface area contributed by atoms with Crippen LogP contribution in [0.3, 0.4) is 0 Å². The van der Waals surface area contributed by atoms with E-state index in [2.05, 4.69) is 43.8 Å². The molecule has 2 N–H and O–H groups in total. The first-order valence-corrected chi connectivity index (χ1v) is 11.2. The Morgan fingerprint density at radius 2 is 1.84 bits per heavy atom. The molecule has 6 nitrogen and oxygen atoms in total. The molecule has 0 radical (unpaired) electrons. The van der Waals surface area contributed by atoms with E-state index < -0.39 is 5.91 Å². The monoisotopic (exact) mass is 604 g/mol. The summed E-state index contributed by atoms with van der Waals surface area (Å²) < 4.78 is 13.1. The van der Waals surface area contributed by atoms with Gasteiger partial charge in [-0.3, -0.25) is 4.79 Å². The van der Waals surface area contributed by atoms with Crippen LogP contribution in [0.4, 0.5) is 5.69 Å². The lowest BCUT2D eigenvalue weighted by molar-refractivity contribution is -0.112. The second kappa shape index (κ2) is 11.0. The molecule has 0 bridgehead atoms. The Balaban J connectivity index is 1.80. The number of benzene rings is 3. The Hall–Kier alpha value is -3.03. The normalized spacial score (nSPS) is 10.9. The highest BCUT2D eigenvalue weighted by atomic mass is 127. The van der Waals surface area contributed by atoms with Crippen molar-refractivity contribution in [3.63, 3.8) is 0 Å². The van der Waals surface area contributed by atoms with E-state index in [1.165, 1.54) is 25.3 Å². The van der Waals surface area contributed by atoms with Crippen LogP contribution < -0.4 is 14.8 Å². The second-order valence-corrected chi connectivity index (χ2v) is 8.71. The van der Waals surface area contributed by atoms with Crippen molar-refractivity contribution in [2.24, 2.45) is 0 Å². The molecule has 0 saturated carbocycles. The maximum absolute atomic E-state index is 12.5. The summed E-state index contributed by atoms with van der Waals surface area (Å²) in [7, 11) is 1.53. The molecular formula is C24H18BrIN2O4. The average Bonchev–Trinajstić information content (AvgIpc) is 2.79. The Morgan fingerprint density at radius 1 is 1.16 bits per heavy atom. The van der Waals surface area contributed by atoms with Gasteiger partial charge in [0.1, 0.15) is 24.0 Å². The largest absolute Gasteiger partial charge is 0.508 e. The van der Waals surface area contributed by atoms with Crippen LogP contribution in [0.2, 0.25) is 0 Å². The second-order valence-electron chi connectivity index (χ2n) is 6.61. The predicted octanol–water partition coefficient (Wildman–Crippen LogP) is 5.89. The van der Waals surface area contributed by atoms with E-state index in [1.807, 2.05) is 30.3 Å². The van der Waals surface area contributed by atoms with Crippen molar-refractivity contribution in [3.05, 3.63) is 85.4 Å². The lowest BCUT2D eigenvalue weighted by Crippen LogP contribution is -2.13. The molecule has 162 valence electrons. The molecule has 3 rings (SSSR count). The lowest BCUT2D eigenvalue weighted by atomic mass is 10.1. The molecule has 0 unspecified atom stereocenters. The molecule has 8 heteroatoms. The zero-order valence-electron chi connectivity index (χ0n) is 16.9. The molecule has 32 heavy (non-hydrogen) atoms. The Bertz CT molecular complexity index is 1190. The van der Waals surface area contributed by atoms with Gasteiger partial charge in [-0.25, -0.2) is 0 Å². The molecule has 0 aliphatic rings. The Kier molecular flexibility index (Phi) is 8.14. The number of rotatable bonds is 7. The molecule has 0 spiro atoms. The summed E-state index contributed by atoms with van der Waals surface area (Å²) in [6.45, 7) is 0.368. The number of nitriles is 1. The van der Waals surface area contributed by atoms with E-state index >= 15 is 0 Å². The zero-order valence-corrected chi connectivity index (χ0v) is 20.7. The van der Waals surface area contributed by atoms with Gasteiger partial charge in [0, 0.05) is 13.7 Å². The maximum Gasteiger partial charge on any atom is 0.266 e. The molecule has 0 aliphatic heterocycles. The first-order valence-electron chi connectivity index (χ1n) is 9.36. The number of nitrogens with zero attached hydrogens (tertiary/aromatic N) is 1. The van der Waals surface area contributed by atoms with Crippen molar-refractivity contribution in [1.29, 1.82) is 5.26 Å². The molecule has 0 aromatic heterocycles. The summed E-state index contributed by atoms with van der Waals surface area (Å²) in [5, 5.41) is 21.5. The fraction of sp³-hybridized carbons (Fsp3) is 0.0833. The van der Waals surface area contributed by atoms with Crippen molar-refractivity contribution < 1.29 is 19.4 Å². The van der Waals surface area contributed by atoms with Crippen molar-refractivity contribution >= 4 is 56.2 Å². The van der Waals surface area contributed by atoms with Crippen LogP contribution in [0, 0.1) is 14.9 Å². The number of nitrogens with one attached hydrogen (secondary N) is 1. The summed E-state index contributed by atoms with van der Waals surface area (Å²) in [5.41, 5.74) is 1.98. The quantitative estimate of drug-likeness (QED) is 0.152. The summed E-state index contributed by atoms with van der Waals surface area (Å²) in [6, 6.07) is 19.3. The summed E-state index contributed by atoms with van der Waals surface area (Å²) in [6.07, 6.45) is 1.46. The van der Waals surface area contributed by atoms with Crippen LogP contribution in [-0.4, -0.2) is 18.1 Å². The number of aromatic hydroxyl groups is 1. The van der Waals surface area contributed by atoms with E-state index in [0.29, 0.717) is 33.8 Å². The van der Waals surface area contributed by atoms with Gasteiger partial charge in [-0.2, -0.15) is 5.26 Å². The van der Waals surface area contributed by atoms with Crippen LogP contribution in [0.25, 0.3) is 6.08 Å². The third-order valence-electron chi connectivity index (χ3n) is 4.38. The smallest absolute Gasteiger partial charge is 0.266 e. The standard InChI is InChI=1S/C24H18BrIN2O4/c1-31-22-11-16(10-17(13-27)24(30)28-19-6-8-20(29)9-7-19)21(25)12-23(22)32-14-15-2-4-18(26)5-3-15/h2-12,29H,14H2,1H3,(H,28,30)/b17-10+. The van der Waals surface area contributed by atoms with Gasteiger partial charge in [0.25, 0.3) is 5.91 Å². The van der Waals surface area contributed by atoms with Crippen LogP contribution in [0.15, 0.2) is 70.7 Å². The minimum atomic E-state index is -0.567. The summed E-state index contributed by atoms with van der Waals surface area (Å²) >= 11 is 5.72. The van der Waals surface area contributed by atoms with Crippen molar-refractivity contribution in [2.75, 3.05) is 12.4 Å². The van der Waals surface area contributed by atoms with Gasteiger partial charge >= 0.3 is 0 Å². The Morgan fingerprint density at radius 3 is 2.47 bits per heavy atom. The number of ether oxygens (including phenoxy) is 2. The third-order valence-corrected chi connectivity index (χ3v) is 5.79. The minimum absolute atomic E-state index is 0.0828. The number of carbonyl (C=O) groups excluding carboxylic acids is 1. The van der Waals surface area contributed by atoms with E-state index in [9.17, 15) is 15.2 Å². The number of hydrogen-bond donors (Lipinski definition) is 2. The molecule has 0 aliphatic carbocycles. The molecule has 3 aromatic rings. The zero-order chi connectivity index (χ0) is 23.1. The molecule has 0 saturated heterocycles. The van der Waals surface area contributed by atoms with Gasteiger partial charge in [0.05, 0.1) is 7.11 Å². The number of hydrogen-bond acceptors (Lipinski definition) is 5. The molecular weight excluding hydrogens is 587 g/mol. The molecule has 0 fully saturated rings. The SMILES string of the molecule is COc1cc(/C=C(\C#N)C(=O)Nc2ccc(O)cc2)c(Br)cc1OCc1ccc(I)cc1. The number of phenolic OH excluding ortho intramolecular Hbond substituents is 1. The van der Waals surface area contributed by atoms with Gasteiger partial charge in [0.15, 0.2) is 11.5 Å². The number of phenols is 1.